The Balaban J connectivity index is 1.58. The minimum atomic E-state index is -3.68. The van der Waals surface area contributed by atoms with Gasteiger partial charge in [-0.15, -0.1) is 0 Å². The zero-order valence-electron chi connectivity index (χ0n) is 15.7. The Morgan fingerprint density at radius 1 is 1.11 bits per heavy atom. The van der Waals surface area contributed by atoms with Crippen molar-refractivity contribution >= 4 is 27.0 Å². The number of nitrogens with one attached hydrogen (secondary N) is 1. The number of sulfonamides is 1. The van der Waals surface area contributed by atoms with Gasteiger partial charge >= 0.3 is 5.76 Å². The fourth-order valence-electron chi connectivity index (χ4n) is 4.07. The number of aromatic nitrogens is 1. The van der Waals surface area contributed by atoms with Crippen molar-refractivity contribution in [1.29, 1.82) is 0 Å². The number of benzene rings is 1. The van der Waals surface area contributed by atoms with E-state index in [1.165, 1.54) is 22.8 Å². The van der Waals surface area contributed by atoms with Crippen LogP contribution in [0.2, 0.25) is 0 Å². The van der Waals surface area contributed by atoms with Crippen LogP contribution < -0.4 is 10.5 Å². The van der Waals surface area contributed by atoms with Crippen LogP contribution in [0.15, 0.2) is 32.3 Å². The molecule has 0 bridgehead atoms. The molecule has 0 atom stereocenters. The van der Waals surface area contributed by atoms with Crippen molar-refractivity contribution in [2.75, 3.05) is 13.1 Å². The van der Waals surface area contributed by atoms with E-state index in [4.69, 9.17) is 4.42 Å². The first-order chi connectivity index (χ1) is 13.4. The Labute approximate surface area is 163 Å². The molecule has 0 radical (unpaired) electrons. The molecule has 2 heterocycles. The summed E-state index contributed by atoms with van der Waals surface area (Å²) in [4.78, 5) is 26.6. The molecule has 2 aromatic rings. The maximum absolute atomic E-state index is 12.6. The third-order valence-corrected chi connectivity index (χ3v) is 7.15. The van der Waals surface area contributed by atoms with Crippen LogP contribution in [0.5, 0.6) is 0 Å². The quantitative estimate of drug-likeness (QED) is 0.815. The first kappa shape index (κ1) is 19.2. The van der Waals surface area contributed by atoms with Crippen LogP contribution in [0.3, 0.4) is 0 Å². The fourth-order valence-corrected chi connectivity index (χ4v) is 5.39. The number of amides is 1. The number of oxazole rings is 1. The topological polar surface area (TPSA) is 102 Å². The van der Waals surface area contributed by atoms with Crippen molar-refractivity contribution in [3.63, 3.8) is 0 Å². The third-order valence-electron chi connectivity index (χ3n) is 5.63. The van der Waals surface area contributed by atoms with Gasteiger partial charge < -0.3 is 9.32 Å². The number of fused-ring (bicyclic) bond motifs is 1. The average Bonchev–Trinajstić information content (AvgIpc) is 3.29. The van der Waals surface area contributed by atoms with E-state index in [1.807, 2.05) is 0 Å². The summed E-state index contributed by atoms with van der Waals surface area (Å²) in [5.41, 5.74) is 0.598. The summed E-state index contributed by atoms with van der Waals surface area (Å²) >= 11 is 0. The smallest absolute Gasteiger partial charge is 0.408 e. The highest BCUT2D eigenvalue weighted by Gasteiger charge is 2.25. The molecule has 0 unspecified atom stereocenters. The van der Waals surface area contributed by atoms with E-state index >= 15 is 0 Å². The largest absolute Gasteiger partial charge is 0.420 e. The van der Waals surface area contributed by atoms with Crippen LogP contribution in [0.4, 0.5) is 0 Å². The van der Waals surface area contributed by atoms with Crippen LogP contribution in [0, 0.1) is 0 Å². The molecule has 8 nitrogen and oxygen atoms in total. The normalized spacial score (nSPS) is 18.8. The van der Waals surface area contributed by atoms with E-state index in [2.05, 4.69) is 4.72 Å². The summed E-state index contributed by atoms with van der Waals surface area (Å²) in [6.07, 6.45) is 6.79. The summed E-state index contributed by atoms with van der Waals surface area (Å²) in [6, 6.07) is 4.30. The molecule has 28 heavy (non-hydrogen) atoms. The Bertz CT molecular complexity index is 1030. The van der Waals surface area contributed by atoms with Crippen molar-refractivity contribution in [2.24, 2.45) is 0 Å². The van der Waals surface area contributed by atoms with E-state index in [9.17, 15) is 18.0 Å². The summed E-state index contributed by atoms with van der Waals surface area (Å²) < 4.78 is 34.4. The van der Waals surface area contributed by atoms with Gasteiger partial charge in [0.25, 0.3) is 0 Å². The van der Waals surface area contributed by atoms with Gasteiger partial charge in [-0.1, -0.05) is 12.8 Å². The SMILES string of the molecule is O=C(Cn1c(=O)oc2cc(S(=O)(=O)NC3CCCC3)ccc21)N1CCCCC1. The summed E-state index contributed by atoms with van der Waals surface area (Å²) in [6.45, 7) is 1.31. The molecule has 1 aromatic heterocycles. The lowest BCUT2D eigenvalue weighted by Gasteiger charge is -2.26. The molecular weight excluding hydrogens is 382 g/mol. The molecule has 1 aliphatic carbocycles. The predicted octanol–water partition coefficient (Wildman–Crippen LogP) is 1.83. The lowest BCUT2D eigenvalue weighted by molar-refractivity contribution is -0.132. The van der Waals surface area contributed by atoms with E-state index in [0.29, 0.717) is 18.6 Å². The number of piperidine rings is 1. The van der Waals surface area contributed by atoms with Gasteiger partial charge in [0.2, 0.25) is 15.9 Å². The van der Waals surface area contributed by atoms with Crippen molar-refractivity contribution in [3.8, 4) is 0 Å². The molecular formula is C19H25N3O5S. The van der Waals surface area contributed by atoms with Crippen molar-refractivity contribution in [1.82, 2.24) is 14.2 Å². The number of likely N-dealkylation sites (tertiary alicyclic amines) is 1. The molecule has 1 saturated carbocycles. The Kier molecular flexibility index (Phi) is 5.29. The van der Waals surface area contributed by atoms with Gasteiger partial charge in [0, 0.05) is 25.2 Å². The van der Waals surface area contributed by atoms with E-state index in [1.54, 1.807) is 4.90 Å². The van der Waals surface area contributed by atoms with Gasteiger partial charge in [0.1, 0.15) is 6.54 Å². The van der Waals surface area contributed by atoms with Crippen LogP contribution >= 0.6 is 0 Å². The van der Waals surface area contributed by atoms with Crippen molar-refractivity contribution < 1.29 is 17.6 Å². The monoisotopic (exact) mass is 407 g/mol. The number of hydrogen-bond acceptors (Lipinski definition) is 5. The van der Waals surface area contributed by atoms with Crippen molar-refractivity contribution in [3.05, 3.63) is 28.7 Å². The molecule has 0 spiro atoms. The number of hydrogen-bond donors (Lipinski definition) is 1. The molecule has 1 amide bonds. The standard InChI is InChI=1S/C19H25N3O5S/c23-18(21-10-4-1-5-11-21)13-22-16-9-8-15(12-17(16)27-19(22)24)28(25,26)20-14-6-2-3-7-14/h8-9,12,14,20H,1-7,10-11,13H2. The highest BCUT2D eigenvalue weighted by Crippen LogP contribution is 2.23. The number of nitrogens with zero attached hydrogens (tertiary/aromatic N) is 2. The zero-order valence-corrected chi connectivity index (χ0v) is 16.5. The molecule has 1 aliphatic heterocycles. The maximum atomic E-state index is 12.6. The molecule has 2 aliphatic rings. The van der Waals surface area contributed by atoms with Crippen LogP contribution in [0.25, 0.3) is 11.1 Å². The van der Waals surface area contributed by atoms with Crippen LogP contribution in [-0.2, 0) is 21.4 Å². The van der Waals surface area contributed by atoms with Gasteiger partial charge in [-0.25, -0.2) is 17.9 Å². The number of carbonyl (C=O) groups is 1. The Morgan fingerprint density at radius 2 is 1.82 bits per heavy atom. The second-order valence-electron chi connectivity index (χ2n) is 7.63. The predicted molar refractivity (Wildman–Crippen MR) is 103 cm³/mol. The third kappa shape index (κ3) is 3.86. The van der Waals surface area contributed by atoms with Gasteiger partial charge in [0.05, 0.1) is 10.4 Å². The lowest BCUT2D eigenvalue weighted by Crippen LogP contribution is -2.39. The van der Waals surface area contributed by atoms with Gasteiger partial charge in [-0.05, 0) is 44.2 Å². The van der Waals surface area contributed by atoms with Gasteiger partial charge in [0.15, 0.2) is 5.58 Å². The maximum Gasteiger partial charge on any atom is 0.420 e. The molecule has 4 rings (SSSR count). The minimum Gasteiger partial charge on any atom is -0.408 e. The number of rotatable bonds is 5. The number of carbonyl (C=O) groups excluding carboxylic acids is 1. The van der Waals surface area contributed by atoms with Crippen LogP contribution in [0.1, 0.15) is 44.9 Å². The van der Waals surface area contributed by atoms with E-state index < -0.39 is 15.8 Å². The molecule has 1 aromatic carbocycles. The highest BCUT2D eigenvalue weighted by molar-refractivity contribution is 7.89. The second kappa shape index (κ2) is 7.71. The van der Waals surface area contributed by atoms with Gasteiger partial charge in [-0.2, -0.15) is 0 Å². The first-order valence-corrected chi connectivity index (χ1v) is 11.4. The molecule has 152 valence electrons. The zero-order chi connectivity index (χ0) is 19.7. The lowest BCUT2D eigenvalue weighted by atomic mass is 10.1. The summed E-state index contributed by atoms with van der Waals surface area (Å²) in [7, 11) is -3.68. The van der Waals surface area contributed by atoms with Crippen LogP contribution in [-0.4, -0.2) is 42.9 Å². The molecule has 1 saturated heterocycles. The fraction of sp³-hybridized carbons (Fsp3) is 0.579. The molecule has 1 N–H and O–H groups in total. The van der Waals surface area contributed by atoms with E-state index in [-0.39, 0.29) is 29.0 Å². The molecule has 9 heteroatoms. The minimum absolute atomic E-state index is 0.0422. The second-order valence-corrected chi connectivity index (χ2v) is 9.34. The Hall–Kier alpha value is -2.13. The van der Waals surface area contributed by atoms with E-state index in [0.717, 1.165) is 44.9 Å². The average molecular weight is 407 g/mol. The summed E-state index contributed by atoms with van der Waals surface area (Å²) in [5.74, 6) is -0.775. The highest BCUT2D eigenvalue weighted by atomic mass is 32.2. The first-order valence-electron chi connectivity index (χ1n) is 9.87. The van der Waals surface area contributed by atoms with Crippen molar-refractivity contribution in [2.45, 2.75) is 62.4 Å². The van der Waals surface area contributed by atoms with Gasteiger partial charge in [-0.3, -0.25) is 9.36 Å². The summed E-state index contributed by atoms with van der Waals surface area (Å²) in [5, 5.41) is 0. The molecule has 2 fully saturated rings. The Morgan fingerprint density at radius 3 is 2.54 bits per heavy atom.